The summed E-state index contributed by atoms with van der Waals surface area (Å²) >= 11 is 6.03. The zero-order valence-electron chi connectivity index (χ0n) is 22.7. The highest BCUT2D eigenvalue weighted by Gasteiger charge is 2.33. The fraction of sp³-hybridized carbons (Fsp3) is 0.375. The third-order valence-corrected chi connectivity index (χ3v) is 7.95. The average Bonchev–Trinajstić information content (AvgIpc) is 3.00. The van der Waals surface area contributed by atoms with Crippen LogP contribution < -0.4 is 4.74 Å². The van der Waals surface area contributed by atoms with E-state index in [9.17, 15) is 9.90 Å². The number of hydrogen-bond acceptors (Lipinski definition) is 6. The summed E-state index contributed by atoms with van der Waals surface area (Å²) in [6.45, 7) is 4.91. The fourth-order valence-corrected chi connectivity index (χ4v) is 5.44. The van der Waals surface area contributed by atoms with Crippen LogP contribution in [-0.2, 0) is 15.1 Å². The SMILES string of the molecule is O=C(COc1cccc(/C(=C\CCN2CCC(O)(c3ccc(Cl)cc3)CC2)c2cccnc2)c1)N1CCOCC1. The normalized spacial score (nSPS) is 17.9. The van der Waals surface area contributed by atoms with Crippen molar-refractivity contribution in [1.82, 2.24) is 14.8 Å². The van der Waals surface area contributed by atoms with Crippen molar-refractivity contribution < 1.29 is 19.4 Å². The zero-order valence-corrected chi connectivity index (χ0v) is 23.4. The zero-order chi connectivity index (χ0) is 27.8. The van der Waals surface area contributed by atoms with Gasteiger partial charge in [-0.3, -0.25) is 9.78 Å². The molecule has 0 spiro atoms. The minimum absolute atomic E-state index is 0.00667. The smallest absolute Gasteiger partial charge is 0.260 e. The quantitative estimate of drug-likeness (QED) is 0.405. The molecular weight excluding hydrogens is 526 g/mol. The van der Waals surface area contributed by atoms with E-state index in [0.29, 0.717) is 49.9 Å². The van der Waals surface area contributed by atoms with Crippen LogP contribution in [0.1, 0.15) is 36.0 Å². The molecule has 3 aromatic rings. The molecule has 3 heterocycles. The van der Waals surface area contributed by atoms with E-state index in [1.165, 1.54) is 0 Å². The molecule has 7 nitrogen and oxygen atoms in total. The average molecular weight is 562 g/mol. The molecule has 0 unspecified atom stereocenters. The van der Waals surface area contributed by atoms with Crippen LogP contribution >= 0.6 is 11.6 Å². The molecule has 0 bridgehead atoms. The lowest BCUT2D eigenvalue weighted by atomic mass is 9.84. The first-order valence-electron chi connectivity index (χ1n) is 13.9. The third-order valence-electron chi connectivity index (χ3n) is 7.70. The van der Waals surface area contributed by atoms with Gasteiger partial charge < -0.3 is 24.4 Å². The van der Waals surface area contributed by atoms with Gasteiger partial charge in [0.1, 0.15) is 5.75 Å². The Labute approximate surface area is 241 Å². The number of likely N-dealkylation sites (tertiary alicyclic amines) is 1. The number of carbonyl (C=O) groups is 1. The first-order valence-corrected chi connectivity index (χ1v) is 14.3. The van der Waals surface area contributed by atoms with Crippen molar-refractivity contribution in [3.63, 3.8) is 0 Å². The van der Waals surface area contributed by atoms with Crippen molar-refractivity contribution in [3.8, 4) is 5.75 Å². The first kappa shape index (κ1) is 28.3. The predicted molar refractivity (Wildman–Crippen MR) is 156 cm³/mol. The van der Waals surface area contributed by atoms with E-state index in [4.69, 9.17) is 21.1 Å². The Hall–Kier alpha value is -3.23. The monoisotopic (exact) mass is 561 g/mol. The molecular formula is C32H36ClN3O4. The van der Waals surface area contributed by atoms with Crippen LogP contribution in [0, 0.1) is 0 Å². The van der Waals surface area contributed by atoms with E-state index in [1.807, 2.05) is 54.7 Å². The molecule has 2 saturated heterocycles. The lowest BCUT2D eigenvalue weighted by molar-refractivity contribution is -0.137. The summed E-state index contributed by atoms with van der Waals surface area (Å²) in [5.74, 6) is 0.632. The van der Waals surface area contributed by atoms with Crippen molar-refractivity contribution in [2.75, 3.05) is 52.5 Å². The molecule has 8 heteroatoms. The summed E-state index contributed by atoms with van der Waals surface area (Å²) in [6.07, 6.45) is 8.12. The Balaban J connectivity index is 1.22. The third kappa shape index (κ3) is 7.29. The maximum absolute atomic E-state index is 12.5. The number of morpholine rings is 1. The van der Waals surface area contributed by atoms with Crippen molar-refractivity contribution in [1.29, 1.82) is 0 Å². The van der Waals surface area contributed by atoms with Gasteiger partial charge in [0.2, 0.25) is 0 Å². The molecule has 0 atom stereocenters. The van der Waals surface area contributed by atoms with E-state index in [1.54, 1.807) is 11.1 Å². The fourth-order valence-electron chi connectivity index (χ4n) is 5.31. The van der Waals surface area contributed by atoms with Crippen LogP contribution in [0.25, 0.3) is 5.57 Å². The Bertz CT molecular complexity index is 1290. The number of carbonyl (C=O) groups excluding carboxylic acids is 1. The van der Waals surface area contributed by atoms with Gasteiger partial charge in [0.25, 0.3) is 5.91 Å². The molecule has 2 aliphatic rings. The molecule has 0 radical (unpaired) electrons. The summed E-state index contributed by atoms with van der Waals surface area (Å²) < 4.78 is 11.2. The van der Waals surface area contributed by atoms with Crippen molar-refractivity contribution in [2.45, 2.75) is 24.9 Å². The van der Waals surface area contributed by atoms with Crippen molar-refractivity contribution >= 4 is 23.1 Å². The van der Waals surface area contributed by atoms with Crippen LogP contribution in [-0.4, -0.2) is 78.3 Å². The van der Waals surface area contributed by atoms with E-state index in [-0.39, 0.29) is 12.5 Å². The molecule has 2 aliphatic heterocycles. The Kier molecular flexibility index (Phi) is 9.49. The largest absolute Gasteiger partial charge is 0.484 e. The number of rotatable bonds is 9. The number of nitrogens with zero attached hydrogens (tertiary/aromatic N) is 3. The Morgan fingerprint density at radius 2 is 1.77 bits per heavy atom. The van der Waals surface area contributed by atoms with Crippen LogP contribution in [0.2, 0.25) is 5.02 Å². The van der Waals surface area contributed by atoms with Gasteiger partial charge in [0.15, 0.2) is 6.61 Å². The van der Waals surface area contributed by atoms with E-state index in [0.717, 1.165) is 48.3 Å². The Morgan fingerprint density at radius 3 is 2.50 bits per heavy atom. The second-order valence-electron chi connectivity index (χ2n) is 10.3. The van der Waals surface area contributed by atoms with Gasteiger partial charge in [-0.05, 0) is 66.3 Å². The van der Waals surface area contributed by atoms with E-state index >= 15 is 0 Å². The first-order chi connectivity index (χ1) is 19.5. The van der Waals surface area contributed by atoms with Crippen molar-refractivity contribution in [2.24, 2.45) is 0 Å². The molecule has 0 saturated carbocycles. The van der Waals surface area contributed by atoms with Gasteiger partial charge in [-0.2, -0.15) is 0 Å². The molecule has 0 aliphatic carbocycles. The number of pyridine rings is 1. The number of ether oxygens (including phenoxy) is 2. The minimum Gasteiger partial charge on any atom is -0.484 e. The standard InChI is InChI=1S/C32H36ClN3O4/c33-28-10-8-27(9-11-28)32(38)12-16-35(17-13-32)15-3-7-30(26-5-2-14-34-23-26)25-4-1-6-29(22-25)40-24-31(37)36-18-20-39-21-19-36/h1-2,4-11,14,22-23,38H,3,12-13,15-21,24H2/b30-7+. The lowest BCUT2D eigenvalue weighted by Crippen LogP contribution is -2.42. The molecule has 2 aromatic carbocycles. The molecule has 40 heavy (non-hydrogen) atoms. The van der Waals surface area contributed by atoms with Crippen LogP contribution in [0.5, 0.6) is 5.75 Å². The second-order valence-corrected chi connectivity index (χ2v) is 10.8. The number of hydrogen-bond donors (Lipinski definition) is 1. The van der Waals surface area contributed by atoms with Gasteiger partial charge in [0, 0.05) is 55.7 Å². The summed E-state index contributed by atoms with van der Waals surface area (Å²) in [6, 6.07) is 19.4. The molecule has 1 N–H and O–H groups in total. The highest BCUT2D eigenvalue weighted by Crippen LogP contribution is 2.34. The predicted octanol–water partition coefficient (Wildman–Crippen LogP) is 4.78. The summed E-state index contributed by atoms with van der Waals surface area (Å²) in [5.41, 5.74) is 3.25. The topological polar surface area (TPSA) is 75.1 Å². The van der Waals surface area contributed by atoms with Crippen LogP contribution in [0.4, 0.5) is 0 Å². The summed E-state index contributed by atoms with van der Waals surface area (Å²) in [5, 5.41) is 11.9. The number of aliphatic hydroxyl groups is 1. The molecule has 1 amide bonds. The lowest BCUT2D eigenvalue weighted by Gasteiger charge is -2.38. The number of amides is 1. The number of benzene rings is 2. The molecule has 210 valence electrons. The van der Waals surface area contributed by atoms with E-state index < -0.39 is 5.60 Å². The van der Waals surface area contributed by atoms with Crippen molar-refractivity contribution in [3.05, 3.63) is 101 Å². The van der Waals surface area contributed by atoms with E-state index in [2.05, 4.69) is 28.1 Å². The Morgan fingerprint density at radius 1 is 1.02 bits per heavy atom. The maximum atomic E-state index is 12.5. The number of piperidine rings is 1. The highest BCUT2D eigenvalue weighted by atomic mass is 35.5. The van der Waals surface area contributed by atoms with Gasteiger partial charge >= 0.3 is 0 Å². The van der Waals surface area contributed by atoms with Crippen LogP contribution in [0.3, 0.4) is 0 Å². The molecule has 1 aromatic heterocycles. The second kappa shape index (κ2) is 13.4. The van der Waals surface area contributed by atoms with Gasteiger partial charge in [-0.1, -0.05) is 48.0 Å². The maximum Gasteiger partial charge on any atom is 0.260 e. The summed E-state index contributed by atoms with van der Waals surface area (Å²) in [4.78, 5) is 21.1. The molecule has 2 fully saturated rings. The van der Waals surface area contributed by atoms with Gasteiger partial charge in [0.05, 0.1) is 18.8 Å². The number of halogens is 1. The van der Waals surface area contributed by atoms with Crippen LogP contribution in [0.15, 0.2) is 79.1 Å². The number of aromatic nitrogens is 1. The summed E-state index contributed by atoms with van der Waals surface area (Å²) in [7, 11) is 0. The molecule has 5 rings (SSSR count). The highest BCUT2D eigenvalue weighted by molar-refractivity contribution is 6.30. The minimum atomic E-state index is -0.804. The van der Waals surface area contributed by atoms with Gasteiger partial charge in [-0.15, -0.1) is 0 Å². The van der Waals surface area contributed by atoms with Gasteiger partial charge in [-0.25, -0.2) is 0 Å².